The Morgan fingerprint density at radius 1 is 1.50 bits per heavy atom. The Balaban J connectivity index is 2.09. The van der Waals surface area contributed by atoms with Gasteiger partial charge in [-0.05, 0) is 33.0 Å². The number of nitrogens with zero attached hydrogens (tertiary/aromatic N) is 1. The van der Waals surface area contributed by atoms with Gasteiger partial charge in [-0.15, -0.1) is 0 Å². The molecule has 1 aromatic rings. The lowest BCUT2D eigenvalue weighted by Crippen LogP contribution is -2.33. The fraction of sp³-hybridized carbons (Fsp3) is 0.571. The second kappa shape index (κ2) is 6.41. The van der Waals surface area contributed by atoms with Gasteiger partial charge in [-0.1, -0.05) is 23.7 Å². The van der Waals surface area contributed by atoms with Crippen molar-refractivity contribution < 1.29 is 4.74 Å². The lowest BCUT2D eigenvalue weighted by molar-refractivity contribution is 0.242. The summed E-state index contributed by atoms with van der Waals surface area (Å²) in [7, 11) is 2.16. The first-order chi connectivity index (χ1) is 8.72. The van der Waals surface area contributed by atoms with Crippen LogP contribution in [0.25, 0.3) is 0 Å². The molecular weight excluding hydrogens is 248 g/mol. The van der Waals surface area contributed by atoms with E-state index >= 15 is 0 Å². The van der Waals surface area contributed by atoms with E-state index in [-0.39, 0.29) is 0 Å². The quantitative estimate of drug-likeness (QED) is 0.888. The van der Waals surface area contributed by atoms with E-state index in [1.807, 2.05) is 19.1 Å². The molecule has 3 nitrogen and oxygen atoms in total. The van der Waals surface area contributed by atoms with Crippen molar-refractivity contribution in [1.82, 2.24) is 10.2 Å². The highest BCUT2D eigenvalue weighted by atomic mass is 35.5. The van der Waals surface area contributed by atoms with Crippen LogP contribution < -0.4 is 10.1 Å². The third-order valence-electron chi connectivity index (χ3n) is 3.41. The van der Waals surface area contributed by atoms with Gasteiger partial charge in [0.1, 0.15) is 5.75 Å². The number of likely N-dealkylation sites (N-methyl/N-ethyl adjacent to an activating group) is 1. The smallest absolute Gasteiger partial charge is 0.142 e. The summed E-state index contributed by atoms with van der Waals surface area (Å²) in [6.45, 7) is 5.69. The van der Waals surface area contributed by atoms with Gasteiger partial charge in [-0.3, -0.25) is 4.90 Å². The van der Waals surface area contributed by atoms with E-state index in [9.17, 15) is 0 Å². The summed E-state index contributed by atoms with van der Waals surface area (Å²) in [5, 5.41) is 4.09. The topological polar surface area (TPSA) is 24.5 Å². The van der Waals surface area contributed by atoms with Crippen LogP contribution in [0.1, 0.15) is 18.9 Å². The maximum absolute atomic E-state index is 6.20. The van der Waals surface area contributed by atoms with Crippen LogP contribution in [-0.4, -0.2) is 37.7 Å². The van der Waals surface area contributed by atoms with Crippen LogP contribution in [0, 0.1) is 0 Å². The molecule has 1 unspecified atom stereocenters. The molecule has 100 valence electrons. The first kappa shape index (κ1) is 13.7. The normalized spacial score (nSPS) is 19.4. The zero-order valence-corrected chi connectivity index (χ0v) is 11.8. The van der Waals surface area contributed by atoms with E-state index in [4.69, 9.17) is 16.3 Å². The van der Waals surface area contributed by atoms with E-state index in [0.717, 1.165) is 25.4 Å². The van der Waals surface area contributed by atoms with Crippen LogP contribution in [0.15, 0.2) is 18.2 Å². The van der Waals surface area contributed by atoms with Crippen molar-refractivity contribution in [1.29, 1.82) is 0 Å². The maximum atomic E-state index is 6.20. The zero-order valence-electron chi connectivity index (χ0n) is 11.1. The predicted molar refractivity (Wildman–Crippen MR) is 75.4 cm³/mol. The summed E-state index contributed by atoms with van der Waals surface area (Å²) >= 11 is 6.20. The second-order valence-electron chi connectivity index (χ2n) is 4.72. The van der Waals surface area contributed by atoms with Crippen LogP contribution >= 0.6 is 11.6 Å². The summed E-state index contributed by atoms with van der Waals surface area (Å²) in [4.78, 5) is 2.37. The summed E-state index contributed by atoms with van der Waals surface area (Å²) in [5.74, 6) is 0.833. The first-order valence-electron chi connectivity index (χ1n) is 6.53. The molecule has 1 atom stereocenters. The maximum Gasteiger partial charge on any atom is 0.142 e. The Labute approximate surface area is 114 Å². The van der Waals surface area contributed by atoms with Gasteiger partial charge in [-0.25, -0.2) is 0 Å². The molecule has 0 saturated carbocycles. The molecule has 1 saturated heterocycles. The molecule has 1 heterocycles. The largest absolute Gasteiger partial charge is 0.492 e. The van der Waals surface area contributed by atoms with E-state index in [1.165, 1.54) is 12.0 Å². The lowest BCUT2D eigenvalue weighted by atomic mass is 10.1. The Morgan fingerprint density at radius 2 is 2.33 bits per heavy atom. The van der Waals surface area contributed by atoms with Gasteiger partial charge in [0, 0.05) is 24.7 Å². The minimum atomic E-state index is 0.610. The first-order valence-corrected chi connectivity index (χ1v) is 6.91. The van der Waals surface area contributed by atoms with Crippen molar-refractivity contribution in [2.24, 2.45) is 0 Å². The van der Waals surface area contributed by atoms with Gasteiger partial charge < -0.3 is 10.1 Å². The molecule has 0 aliphatic carbocycles. The van der Waals surface area contributed by atoms with Crippen molar-refractivity contribution in [3.05, 3.63) is 28.8 Å². The zero-order chi connectivity index (χ0) is 13.0. The summed E-state index contributed by atoms with van der Waals surface area (Å²) in [6, 6.07) is 6.57. The Kier molecular flexibility index (Phi) is 4.87. The molecule has 0 amide bonds. The van der Waals surface area contributed by atoms with E-state index in [1.54, 1.807) is 0 Å². The van der Waals surface area contributed by atoms with Crippen LogP contribution in [0.5, 0.6) is 5.75 Å². The van der Waals surface area contributed by atoms with Gasteiger partial charge in [0.05, 0.1) is 11.6 Å². The molecular formula is C14H21ClN2O. The summed E-state index contributed by atoms with van der Waals surface area (Å²) in [6.07, 6.45) is 1.21. The van der Waals surface area contributed by atoms with Crippen LogP contribution in [-0.2, 0) is 6.54 Å². The second-order valence-corrected chi connectivity index (χ2v) is 5.13. The van der Waals surface area contributed by atoms with Crippen molar-refractivity contribution in [2.45, 2.75) is 25.9 Å². The van der Waals surface area contributed by atoms with E-state index in [0.29, 0.717) is 17.7 Å². The van der Waals surface area contributed by atoms with Crippen LogP contribution in [0.3, 0.4) is 0 Å². The van der Waals surface area contributed by atoms with Crippen molar-refractivity contribution >= 4 is 11.6 Å². The van der Waals surface area contributed by atoms with Gasteiger partial charge in [0.2, 0.25) is 0 Å². The SMILES string of the molecule is CCOc1c(Cl)cccc1CN(C)C1CCNC1. The molecule has 1 fully saturated rings. The standard InChI is InChI=1S/C14H21ClN2O/c1-3-18-14-11(5-4-6-13(14)15)10-17(2)12-7-8-16-9-12/h4-6,12,16H,3,7-10H2,1-2H3. The molecule has 18 heavy (non-hydrogen) atoms. The molecule has 1 aromatic carbocycles. The number of para-hydroxylation sites is 1. The number of halogens is 1. The number of benzene rings is 1. The van der Waals surface area contributed by atoms with Gasteiger partial charge in [0.25, 0.3) is 0 Å². The monoisotopic (exact) mass is 268 g/mol. The van der Waals surface area contributed by atoms with Crippen LogP contribution in [0.4, 0.5) is 0 Å². The number of rotatable bonds is 5. The predicted octanol–water partition coefficient (Wildman–Crippen LogP) is 2.53. The Hall–Kier alpha value is -0.770. The summed E-state index contributed by atoms with van der Waals surface area (Å²) in [5.41, 5.74) is 1.17. The average Bonchev–Trinajstić information content (AvgIpc) is 2.87. The lowest BCUT2D eigenvalue weighted by Gasteiger charge is -2.24. The molecule has 0 aromatic heterocycles. The fourth-order valence-electron chi connectivity index (χ4n) is 2.40. The molecule has 1 aliphatic rings. The molecule has 1 aliphatic heterocycles. The van der Waals surface area contributed by atoms with Gasteiger partial charge >= 0.3 is 0 Å². The van der Waals surface area contributed by atoms with Crippen molar-refractivity contribution in [3.8, 4) is 5.75 Å². The van der Waals surface area contributed by atoms with Crippen molar-refractivity contribution in [3.63, 3.8) is 0 Å². The number of hydrogen-bond acceptors (Lipinski definition) is 3. The summed E-state index contributed by atoms with van der Waals surface area (Å²) < 4.78 is 5.66. The van der Waals surface area contributed by atoms with Crippen LogP contribution in [0.2, 0.25) is 5.02 Å². The third-order valence-corrected chi connectivity index (χ3v) is 3.71. The van der Waals surface area contributed by atoms with Gasteiger partial charge in [0.15, 0.2) is 0 Å². The molecule has 0 spiro atoms. The molecule has 0 bridgehead atoms. The molecule has 0 radical (unpaired) electrons. The molecule has 4 heteroatoms. The highest BCUT2D eigenvalue weighted by molar-refractivity contribution is 6.32. The van der Waals surface area contributed by atoms with E-state index < -0.39 is 0 Å². The molecule has 1 N–H and O–H groups in total. The number of ether oxygens (including phenoxy) is 1. The average molecular weight is 269 g/mol. The highest BCUT2D eigenvalue weighted by Crippen LogP contribution is 2.30. The van der Waals surface area contributed by atoms with Crippen molar-refractivity contribution in [2.75, 3.05) is 26.7 Å². The van der Waals surface area contributed by atoms with Gasteiger partial charge in [-0.2, -0.15) is 0 Å². The minimum absolute atomic E-state index is 0.610. The van der Waals surface area contributed by atoms with E-state index in [2.05, 4.69) is 23.3 Å². The Bertz CT molecular complexity index is 391. The highest BCUT2D eigenvalue weighted by Gasteiger charge is 2.20. The molecule has 2 rings (SSSR count). The number of nitrogens with one attached hydrogen (secondary N) is 1. The Morgan fingerprint density at radius 3 is 3.00 bits per heavy atom. The minimum Gasteiger partial charge on any atom is -0.492 e. The number of hydrogen-bond donors (Lipinski definition) is 1. The third kappa shape index (κ3) is 3.16. The fourth-order valence-corrected chi connectivity index (χ4v) is 2.65.